The summed E-state index contributed by atoms with van der Waals surface area (Å²) in [5, 5.41) is 0. The van der Waals surface area contributed by atoms with Crippen LogP contribution in [0.2, 0.25) is 0 Å². The second-order valence-corrected chi connectivity index (χ2v) is 4.03. The van der Waals surface area contributed by atoms with E-state index in [4.69, 9.17) is 5.73 Å². The Hall–Kier alpha value is -2.00. The number of ketones is 1. The quantitative estimate of drug-likeness (QED) is 0.839. The molecule has 0 heterocycles. The minimum Gasteiger partial charge on any atom is -0.330 e. The Morgan fingerprint density at radius 3 is 2.39 bits per heavy atom. The summed E-state index contributed by atoms with van der Waals surface area (Å²) in [5.74, 6) is -0.444. The Morgan fingerprint density at radius 1 is 1.06 bits per heavy atom. The molecule has 0 spiro atoms. The third-order valence-electron chi connectivity index (χ3n) is 2.78. The van der Waals surface area contributed by atoms with Crippen molar-refractivity contribution in [3.05, 3.63) is 71.0 Å². The predicted octanol–water partition coefficient (Wildman–Crippen LogP) is 2.56. The number of hydrogen-bond donors (Lipinski definition) is 1. The van der Waals surface area contributed by atoms with Crippen LogP contribution < -0.4 is 5.73 Å². The largest absolute Gasteiger partial charge is 0.330 e. The van der Waals surface area contributed by atoms with Crippen LogP contribution in [0.3, 0.4) is 0 Å². The molecule has 0 aliphatic carbocycles. The number of carbonyl (C=O) groups is 1. The standard InChI is InChI=1S/C15H14FNO/c16-13-7-5-12(6-8-13)15(18)14-4-2-1-3-11(14)9-10-17/h1-8H,9-10,17H2. The van der Waals surface area contributed by atoms with Gasteiger partial charge in [0.25, 0.3) is 0 Å². The number of hydrogen-bond acceptors (Lipinski definition) is 2. The van der Waals surface area contributed by atoms with Gasteiger partial charge in [-0.3, -0.25) is 4.79 Å². The minimum absolute atomic E-state index is 0.0981. The van der Waals surface area contributed by atoms with Crippen molar-refractivity contribution < 1.29 is 9.18 Å². The first-order valence-electron chi connectivity index (χ1n) is 5.80. The van der Waals surface area contributed by atoms with Gasteiger partial charge in [0.1, 0.15) is 5.82 Å². The van der Waals surface area contributed by atoms with Gasteiger partial charge in [-0.05, 0) is 42.8 Å². The first-order chi connectivity index (χ1) is 8.72. The molecule has 0 bridgehead atoms. The zero-order valence-corrected chi connectivity index (χ0v) is 9.90. The van der Waals surface area contributed by atoms with E-state index in [2.05, 4.69) is 0 Å². The second kappa shape index (κ2) is 5.56. The van der Waals surface area contributed by atoms with Gasteiger partial charge in [-0.15, -0.1) is 0 Å². The van der Waals surface area contributed by atoms with Gasteiger partial charge in [0.05, 0.1) is 0 Å². The molecule has 2 rings (SSSR count). The van der Waals surface area contributed by atoms with E-state index in [0.717, 1.165) is 5.56 Å². The molecule has 0 amide bonds. The zero-order valence-electron chi connectivity index (χ0n) is 9.90. The number of benzene rings is 2. The van der Waals surface area contributed by atoms with Gasteiger partial charge in [0.15, 0.2) is 5.78 Å². The molecule has 2 aromatic carbocycles. The van der Waals surface area contributed by atoms with Gasteiger partial charge >= 0.3 is 0 Å². The Morgan fingerprint density at radius 2 is 1.72 bits per heavy atom. The summed E-state index contributed by atoms with van der Waals surface area (Å²) < 4.78 is 12.8. The smallest absolute Gasteiger partial charge is 0.193 e. The van der Waals surface area contributed by atoms with E-state index in [9.17, 15) is 9.18 Å². The molecule has 0 saturated heterocycles. The van der Waals surface area contributed by atoms with Crippen molar-refractivity contribution in [2.45, 2.75) is 6.42 Å². The van der Waals surface area contributed by atoms with Crippen LogP contribution in [-0.4, -0.2) is 12.3 Å². The summed E-state index contributed by atoms with van der Waals surface area (Å²) in [6.45, 7) is 0.494. The molecular weight excluding hydrogens is 229 g/mol. The van der Waals surface area contributed by atoms with E-state index < -0.39 is 0 Å². The van der Waals surface area contributed by atoms with Gasteiger partial charge in [0, 0.05) is 11.1 Å². The number of rotatable bonds is 4. The highest BCUT2D eigenvalue weighted by molar-refractivity contribution is 6.09. The molecule has 0 aliphatic rings. The summed E-state index contributed by atoms with van der Waals surface area (Å²) in [6, 6.07) is 12.9. The molecule has 0 aromatic heterocycles. The SMILES string of the molecule is NCCc1ccccc1C(=O)c1ccc(F)cc1. The second-order valence-electron chi connectivity index (χ2n) is 4.03. The zero-order chi connectivity index (χ0) is 13.0. The third kappa shape index (κ3) is 2.63. The van der Waals surface area contributed by atoms with Crippen molar-refractivity contribution in [1.82, 2.24) is 0 Å². The van der Waals surface area contributed by atoms with Crippen LogP contribution in [0.15, 0.2) is 48.5 Å². The molecule has 2 nitrogen and oxygen atoms in total. The fraction of sp³-hybridized carbons (Fsp3) is 0.133. The summed E-state index contributed by atoms with van der Waals surface area (Å²) in [6.07, 6.45) is 0.656. The maximum absolute atomic E-state index is 12.8. The van der Waals surface area contributed by atoms with E-state index in [1.165, 1.54) is 24.3 Å². The molecule has 18 heavy (non-hydrogen) atoms. The van der Waals surface area contributed by atoms with E-state index in [-0.39, 0.29) is 11.6 Å². The number of carbonyl (C=O) groups excluding carboxylic acids is 1. The van der Waals surface area contributed by atoms with Crippen molar-refractivity contribution in [1.29, 1.82) is 0 Å². The molecule has 3 heteroatoms. The highest BCUT2D eigenvalue weighted by atomic mass is 19.1. The molecule has 0 atom stereocenters. The van der Waals surface area contributed by atoms with Crippen LogP contribution in [0.1, 0.15) is 21.5 Å². The lowest BCUT2D eigenvalue weighted by Crippen LogP contribution is -2.09. The molecule has 0 radical (unpaired) electrons. The van der Waals surface area contributed by atoms with E-state index >= 15 is 0 Å². The summed E-state index contributed by atoms with van der Waals surface area (Å²) in [4.78, 5) is 12.3. The number of halogens is 1. The first-order valence-corrected chi connectivity index (χ1v) is 5.80. The molecule has 0 aliphatic heterocycles. The number of nitrogens with two attached hydrogens (primary N) is 1. The molecule has 0 saturated carbocycles. The maximum atomic E-state index is 12.8. The van der Waals surface area contributed by atoms with Crippen molar-refractivity contribution in [3.8, 4) is 0 Å². The van der Waals surface area contributed by atoms with Crippen molar-refractivity contribution >= 4 is 5.78 Å². The normalized spacial score (nSPS) is 10.3. The van der Waals surface area contributed by atoms with Crippen LogP contribution in [0, 0.1) is 5.82 Å². The van der Waals surface area contributed by atoms with Gasteiger partial charge in [-0.2, -0.15) is 0 Å². The van der Waals surface area contributed by atoms with Gasteiger partial charge in [-0.1, -0.05) is 24.3 Å². The van der Waals surface area contributed by atoms with Crippen molar-refractivity contribution in [2.75, 3.05) is 6.54 Å². The molecular formula is C15H14FNO. The lowest BCUT2D eigenvalue weighted by atomic mass is 9.97. The van der Waals surface area contributed by atoms with Crippen molar-refractivity contribution in [3.63, 3.8) is 0 Å². The fourth-order valence-electron chi connectivity index (χ4n) is 1.87. The van der Waals surface area contributed by atoms with Gasteiger partial charge in [-0.25, -0.2) is 4.39 Å². The Labute approximate surface area is 105 Å². The van der Waals surface area contributed by atoms with Crippen LogP contribution in [0.5, 0.6) is 0 Å². The summed E-state index contributed by atoms with van der Waals surface area (Å²) >= 11 is 0. The van der Waals surface area contributed by atoms with Gasteiger partial charge in [0.2, 0.25) is 0 Å². The Kier molecular flexibility index (Phi) is 3.85. The Balaban J connectivity index is 2.36. The molecule has 2 N–H and O–H groups in total. The Bertz CT molecular complexity index is 549. The molecule has 92 valence electrons. The highest BCUT2D eigenvalue weighted by Gasteiger charge is 2.12. The third-order valence-corrected chi connectivity index (χ3v) is 2.78. The monoisotopic (exact) mass is 243 g/mol. The minimum atomic E-state index is -0.346. The van der Waals surface area contributed by atoms with Crippen LogP contribution in [0.25, 0.3) is 0 Å². The van der Waals surface area contributed by atoms with E-state index in [1.54, 1.807) is 6.07 Å². The van der Waals surface area contributed by atoms with Crippen molar-refractivity contribution in [2.24, 2.45) is 5.73 Å². The lowest BCUT2D eigenvalue weighted by Gasteiger charge is -2.07. The predicted molar refractivity (Wildman–Crippen MR) is 69.0 cm³/mol. The average Bonchev–Trinajstić information content (AvgIpc) is 2.40. The topological polar surface area (TPSA) is 43.1 Å². The summed E-state index contributed by atoms with van der Waals surface area (Å²) in [5.41, 5.74) is 7.57. The van der Waals surface area contributed by atoms with E-state index in [0.29, 0.717) is 24.1 Å². The maximum Gasteiger partial charge on any atom is 0.193 e. The highest BCUT2D eigenvalue weighted by Crippen LogP contribution is 2.15. The fourth-order valence-corrected chi connectivity index (χ4v) is 1.87. The van der Waals surface area contributed by atoms with Gasteiger partial charge < -0.3 is 5.73 Å². The average molecular weight is 243 g/mol. The van der Waals surface area contributed by atoms with Crippen LogP contribution >= 0.6 is 0 Å². The van der Waals surface area contributed by atoms with Crippen LogP contribution in [-0.2, 0) is 6.42 Å². The molecule has 0 fully saturated rings. The summed E-state index contributed by atoms with van der Waals surface area (Å²) in [7, 11) is 0. The lowest BCUT2D eigenvalue weighted by molar-refractivity contribution is 0.103. The van der Waals surface area contributed by atoms with E-state index in [1.807, 2.05) is 18.2 Å². The van der Waals surface area contributed by atoms with Crippen LogP contribution in [0.4, 0.5) is 4.39 Å². The molecule has 0 unspecified atom stereocenters. The molecule has 2 aromatic rings. The first kappa shape index (κ1) is 12.5.